The van der Waals surface area contributed by atoms with Crippen molar-refractivity contribution >= 4 is 0 Å². The van der Waals surface area contributed by atoms with E-state index in [0.717, 1.165) is 11.4 Å². The van der Waals surface area contributed by atoms with Crippen LogP contribution in [0.3, 0.4) is 0 Å². The number of benzene rings is 2. The SMILES string of the molecule is Fc1[c-]cc(-n2cccc2)cc1.Fc1[c-]cc(-n2cccc2)cc1.[CH3-].[CH3-].[Ti+4]. The molecule has 0 aliphatic carbocycles. The second-order valence-electron chi connectivity index (χ2n) is 4.97. The summed E-state index contributed by atoms with van der Waals surface area (Å²) >= 11 is 0. The van der Waals surface area contributed by atoms with E-state index in [0.29, 0.717) is 0 Å². The molecule has 0 unspecified atom stereocenters. The fourth-order valence-electron chi connectivity index (χ4n) is 2.13. The van der Waals surface area contributed by atoms with Gasteiger partial charge in [0.25, 0.3) is 0 Å². The Balaban J connectivity index is 0.000000451. The molecular weight excluding hydrogens is 378 g/mol. The Morgan fingerprint density at radius 1 is 0.593 bits per heavy atom. The Hall–Kier alpha value is -2.43. The van der Waals surface area contributed by atoms with Gasteiger partial charge in [-0.2, -0.15) is 12.1 Å². The predicted octanol–water partition coefficient (Wildman–Crippen LogP) is 5.73. The van der Waals surface area contributed by atoms with Gasteiger partial charge in [0.2, 0.25) is 0 Å². The van der Waals surface area contributed by atoms with E-state index in [2.05, 4.69) is 12.1 Å². The Kier molecular flexibility index (Phi) is 11.0. The van der Waals surface area contributed by atoms with Crippen LogP contribution in [0.4, 0.5) is 8.78 Å². The number of hydrogen-bond acceptors (Lipinski definition) is 0. The number of aromatic nitrogens is 2. The molecular formula is C22H20F2N2Ti. The van der Waals surface area contributed by atoms with Crippen LogP contribution in [0.15, 0.2) is 85.5 Å². The monoisotopic (exact) mass is 398 g/mol. The molecule has 0 bridgehead atoms. The Morgan fingerprint density at radius 2 is 0.926 bits per heavy atom. The van der Waals surface area contributed by atoms with Crippen LogP contribution in [0.2, 0.25) is 0 Å². The van der Waals surface area contributed by atoms with Gasteiger partial charge in [-0.1, -0.05) is 11.4 Å². The first kappa shape index (κ1) is 24.6. The molecule has 0 aliphatic rings. The molecule has 0 radical (unpaired) electrons. The third-order valence-corrected chi connectivity index (χ3v) is 3.32. The minimum Gasteiger partial charge on any atom is -0.377 e. The molecule has 0 saturated carbocycles. The molecule has 5 heteroatoms. The molecule has 0 aliphatic heterocycles. The zero-order chi connectivity index (χ0) is 16.8. The van der Waals surface area contributed by atoms with Crippen molar-refractivity contribution in [1.82, 2.24) is 9.13 Å². The molecule has 0 saturated heterocycles. The molecule has 2 aromatic heterocycles. The molecule has 2 nitrogen and oxygen atoms in total. The van der Waals surface area contributed by atoms with Gasteiger partial charge in [0.15, 0.2) is 0 Å². The Bertz CT molecular complexity index is 778. The van der Waals surface area contributed by atoms with E-state index in [1.165, 1.54) is 12.1 Å². The van der Waals surface area contributed by atoms with Crippen LogP contribution < -0.4 is 0 Å². The van der Waals surface area contributed by atoms with Crippen LogP contribution in [0, 0.1) is 38.6 Å². The minimum absolute atomic E-state index is 0. The van der Waals surface area contributed by atoms with Gasteiger partial charge in [-0.3, -0.25) is 0 Å². The summed E-state index contributed by atoms with van der Waals surface area (Å²) in [6.07, 6.45) is 7.62. The summed E-state index contributed by atoms with van der Waals surface area (Å²) in [6.45, 7) is 0. The summed E-state index contributed by atoms with van der Waals surface area (Å²) in [5, 5.41) is 0. The summed E-state index contributed by atoms with van der Waals surface area (Å²) in [6, 6.07) is 22.1. The van der Waals surface area contributed by atoms with Crippen molar-refractivity contribution < 1.29 is 30.5 Å². The molecule has 0 spiro atoms. The van der Waals surface area contributed by atoms with Gasteiger partial charge < -0.3 is 24.0 Å². The largest absolute Gasteiger partial charge is 4.00 e. The molecule has 0 atom stereocenters. The molecule has 4 rings (SSSR count). The van der Waals surface area contributed by atoms with E-state index in [4.69, 9.17) is 0 Å². The summed E-state index contributed by atoms with van der Waals surface area (Å²) in [5.41, 5.74) is 1.84. The molecule has 2 aromatic carbocycles. The molecule has 2 heterocycles. The van der Waals surface area contributed by atoms with Crippen molar-refractivity contribution in [2.45, 2.75) is 0 Å². The van der Waals surface area contributed by atoms with Gasteiger partial charge >= 0.3 is 21.7 Å². The maximum Gasteiger partial charge on any atom is 4.00 e. The Morgan fingerprint density at radius 3 is 1.19 bits per heavy atom. The molecule has 0 amide bonds. The third kappa shape index (κ3) is 7.01. The first-order valence-electron chi connectivity index (χ1n) is 7.33. The fraction of sp³-hybridized carbons (Fsp3) is 0. The maximum absolute atomic E-state index is 12.5. The number of halogens is 2. The van der Waals surface area contributed by atoms with Crippen LogP contribution in [0.5, 0.6) is 0 Å². The Labute approximate surface area is 175 Å². The van der Waals surface area contributed by atoms with Gasteiger partial charge in [0.05, 0.1) is 0 Å². The van der Waals surface area contributed by atoms with Crippen molar-refractivity contribution in [2.75, 3.05) is 0 Å². The fourth-order valence-corrected chi connectivity index (χ4v) is 2.13. The average molecular weight is 398 g/mol. The second kappa shape index (κ2) is 12.1. The minimum atomic E-state index is -0.328. The number of nitrogens with zero attached hydrogens (tertiary/aromatic N) is 2. The van der Waals surface area contributed by atoms with Crippen molar-refractivity contribution in [2.24, 2.45) is 0 Å². The number of rotatable bonds is 2. The van der Waals surface area contributed by atoms with E-state index in [1.54, 1.807) is 24.3 Å². The van der Waals surface area contributed by atoms with Crippen molar-refractivity contribution in [3.8, 4) is 11.4 Å². The normalized spacial score (nSPS) is 8.96. The molecule has 27 heavy (non-hydrogen) atoms. The van der Waals surface area contributed by atoms with E-state index >= 15 is 0 Å². The zero-order valence-electron chi connectivity index (χ0n) is 15.2. The summed E-state index contributed by atoms with van der Waals surface area (Å²) in [4.78, 5) is 0. The first-order valence-corrected chi connectivity index (χ1v) is 7.33. The molecule has 136 valence electrons. The van der Waals surface area contributed by atoms with Crippen molar-refractivity contribution in [3.05, 3.63) is 124 Å². The van der Waals surface area contributed by atoms with Crippen LogP contribution in [0.25, 0.3) is 11.4 Å². The summed E-state index contributed by atoms with van der Waals surface area (Å²) in [5.74, 6) is -0.656. The van der Waals surface area contributed by atoms with E-state index in [-0.39, 0.29) is 48.2 Å². The maximum atomic E-state index is 12.5. The quantitative estimate of drug-likeness (QED) is 0.301. The van der Waals surface area contributed by atoms with E-state index in [1.807, 2.05) is 58.2 Å². The van der Waals surface area contributed by atoms with Crippen LogP contribution in [-0.2, 0) is 21.7 Å². The third-order valence-electron chi connectivity index (χ3n) is 3.32. The van der Waals surface area contributed by atoms with Gasteiger partial charge in [-0.25, -0.2) is 8.78 Å². The van der Waals surface area contributed by atoms with Crippen molar-refractivity contribution in [1.29, 1.82) is 0 Å². The first-order chi connectivity index (χ1) is 11.7. The standard InChI is InChI=1S/2C10H7FN.2CH3.Ti/c2*11-9-3-5-10(6-4-9)12-7-1-2-8-12;;;/h2*1-3,5-8H;2*1H3;/q4*-1;+4. The summed E-state index contributed by atoms with van der Waals surface area (Å²) < 4.78 is 28.7. The van der Waals surface area contributed by atoms with Crippen LogP contribution >= 0.6 is 0 Å². The smallest absolute Gasteiger partial charge is 0.377 e. The van der Waals surface area contributed by atoms with Crippen LogP contribution in [0.1, 0.15) is 0 Å². The number of hydrogen-bond donors (Lipinski definition) is 0. The van der Waals surface area contributed by atoms with Gasteiger partial charge in [0.1, 0.15) is 0 Å². The molecule has 0 N–H and O–H groups in total. The van der Waals surface area contributed by atoms with Gasteiger partial charge in [0, 0.05) is 11.6 Å². The van der Waals surface area contributed by atoms with Crippen molar-refractivity contribution in [3.63, 3.8) is 0 Å². The molecule has 4 aromatic rings. The summed E-state index contributed by atoms with van der Waals surface area (Å²) in [7, 11) is 0. The van der Waals surface area contributed by atoms with Gasteiger partial charge in [-0.05, 0) is 49.1 Å². The van der Waals surface area contributed by atoms with Crippen LogP contribution in [-0.4, -0.2) is 9.13 Å². The topological polar surface area (TPSA) is 9.86 Å². The van der Waals surface area contributed by atoms with E-state index < -0.39 is 0 Å². The predicted molar refractivity (Wildman–Crippen MR) is 102 cm³/mol. The average Bonchev–Trinajstić information content (AvgIpc) is 3.31. The second-order valence-corrected chi connectivity index (χ2v) is 4.97. The van der Waals surface area contributed by atoms with E-state index in [9.17, 15) is 8.78 Å². The zero-order valence-corrected chi connectivity index (χ0v) is 16.8. The molecule has 0 fully saturated rings. The van der Waals surface area contributed by atoms with Gasteiger partial charge in [-0.15, -0.1) is 36.4 Å².